The summed E-state index contributed by atoms with van der Waals surface area (Å²) in [5.41, 5.74) is 0. The van der Waals surface area contributed by atoms with E-state index < -0.39 is 17.8 Å². The van der Waals surface area contributed by atoms with E-state index in [1.807, 2.05) is 21.6 Å². The fourth-order valence-corrected chi connectivity index (χ4v) is 4.81. The molecule has 6 nitrogen and oxygen atoms in total. The van der Waals surface area contributed by atoms with Crippen LogP contribution in [0.25, 0.3) is 0 Å². The van der Waals surface area contributed by atoms with Crippen molar-refractivity contribution in [1.82, 2.24) is 5.06 Å². The SMILES string of the molecule is O=C(O)CCCCC1CCSS1.O=C1CCC(=O)N1O. The van der Waals surface area contributed by atoms with E-state index in [2.05, 4.69) is 0 Å². The summed E-state index contributed by atoms with van der Waals surface area (Å²) in [4.78, 5) is 30.7. The van der Waals surface area contributed by atoms with Crippen LogP contribution in [0.1, 0.15) is 44.9 Å². The van der Waals surface area contributed by atoms with E-state index in [0.29, 0.717) is 6.42 Å². The number of amides is 2. The Balaban J connectivity index is 0.000000217. The highest BCUT2D eigenvalue weighted by Gasteiger charge is 2.26. The third-order valence-electron chi connectivity index (χ3n) is 2.92. The van der Waals surface area contributed by atoms with Gasteiger partial charge in [0.05, 0.1) is 0 Å². The number of nitrogens with zero attached hydrogens (tertiary/aromatic N) is 1. The second-order valence-electron chi connectivity index (χ2n) is 4.57. The summed E-state index contributed by atoms with van der Waals surface area (Å²) >= 11 is 0. The number of hydroxylamine groups is 2. The highest BCUT2D eigenvalue weighted by atomic mass is 33.1. The smallest absolute Gasteiger partial charge is 0.303 e. The standard InChI is InChI=1S/C8H14O2S2.C4H5NO3/c9-8(10)4-2-1-3-7-5-6-11-12-7;6-3-1-2-4(7)5(3)8/h7H,1-6H2,(H,9,10);8H,1-2H2. The number of carbonyl (C=O) groups is 3. The molecule has 0 aliphatic carbocycles. The highest BCUT2D eigenvalue weighted by Crippen LogP contribution is 2.39. The van der Waals surface area contributed by atoms with Crippen molar-refractivity contribution in [1.29, 1.82) is 0 Å². The number of hydrogen-bond donors (Lipinski definition) is 2. The molecular formula is C12H19NO5S2. The van der Waals surface area contributed by atoms with Crippen LogP contribution in [0.4, 0.5) is 0 Å². The molecule has 1 unspecified atom stereocenters. The Morgan fingerprint density at radius 2 is 1.90 bits per heavy atom. The molecule has 2 saturated heterocycles. The average Bonchev–Trinajstić information content (AvgIpc) is 3.02. The molecule has 2 aliphatic heterocycles. The van der Waals surface area contributed by atoms with Crippen LogP contribution >= 0.6 is 21.6 Å². The number of carboxylic acid groups (broad SMARTS) is 1. The van der Waals surface area contributed by atoms with Crippen molar-refractivity contribution in [2.24, 2.45) is 0 Å². The summed E-state index contributed by atoms with van der Waals surface area (Å²) in [6.45, 7) is 0. The van der Waals surface area contributed by atoms with Crippen molar-refractivity contribution in [3.63, 3.8) is 0 Å². The van der Waals surface area contributed by atoms with Gasteiger partial charge in [-0.25, -0.2) is 0 Å². The zero-order valence-electron chi connectivity index (χ0n) is 11.1. The van der Waals surface area contributed by atoms with Crippen LogP contribution < -0.4 is 0 Å². The number of carboxylic acids is 1. The highest BCUT2D eigenvalue weighted by molar-refractivity contribution is 8.77. The van der Waals surface area contributed by atoms with E-state index in [0.717, 1.165) is 18.1 Å². The van der Waals surface area contributed by atoms with Crippen LogP contribution in [0, 0.1) is 0 Å². The Labute approximate surface area is 125 Å². The molecule has 2 amide bonds. The molecule has 0 aromatic carbocycles. The maximum atomic E-state index is 10.2. The lowest BCUT2D eigenvalue weighted by atomic mass is 10.1. The summed E-state index contributed by atoms with van der Waals surface area (Å²) in [5, 5.41) is 17.8. The van der Waals surface area contributed by atoms with Crippen LogP contribution in [0.5, 0.6) is 0 Å². The molecule has 2 fully saturated rings. The van der Waals surface area contributed by atoms with E-state index in [1.54, 1.807) is 0 Å². The first-order valence-electron chi connectivity index (χ1n) is 6.55. The van der Waals surface area contributed by atoms with Gasteiger partial charge in [-0.2, -0.15) is 5.06 Å². The molecule has 2 N–H and O–H groups in total. The van der Waals surface area contributed by atoms with E-state index in [1.165, 1.54) is 18.6 Å². The quantitative estimate of drug-likeness (QED) is 0.347. The molecule has 0 spiro atoms. The monoisotopic (exact) mass is 321 g/mol. The van der Waals surface area contributed by atoms with E-state index in [-0.39, 0.29) is 17.9 Å². The Morgan fingerprint density at radius 1 is 1.25 bits per heavy atom. The normalized spacial score (nSPS) is 21.9. The van der Waals surface area contributed by atoms with Crippen molar-refractivity contribution >= 4 is 39.4 Å². The number of rotatable bonds is 5. The number of aliphatic carboxylic acids is 1. The Morgan fingerprint density at radius 3 is 2.30 bits per heavy atom. The maximum absolute atomic E-state index is 10.2. The third kappa shape index (κ3) is 6.62. The van der Waals surface area contributed by atoms with Crippen molar-refractivity contribution in [2.75, 3.05) is 5.75 Å². The second kappa shape index (κ2) is 9.25. The lowest BCUT2D eigenvalue weighted by Gasteiger charge is -2.04. The Kier molecular flexibility index (Phi) is 8.01. The molecule has 2 heterocycles. The van der Waals surface area contributed by atoms with Crippen molar-refractivity contribution in [3.05, 3.63) is 0 Å². The third-order valence-corrected chi connectivity index (χ3v) is 5.93. The first-order chi connectivity index (χ1) is 9.50. The zero-order valence-corrected chi connectivity index (χ0v) is 12.8. The van der Waals surface area contributed by atoms with Gasteiger partial charge in [-0.15, -0.1) is 0 Å². The van der Waals surface area contributed by atoms with Crippen LogP contribution in [-0.4, -0.2) is 44.2 Å². The molecule has 2 rings (SSSR count). The molecule has 0 radical (unpaired) electrons. The zero-order chi connectivity index (χ0) is 15.0. The van der Waals surface area contributed by atoms with Crippen molar-refractivity contribution < 1.29 is 24.7 Å². The largest absolute Gasteiger partial charge is 0.481 e. The number of unbranched alkanes of at least 4 members (excludes halogenated alkanes) is 1. The minimum absolute atomic E-state index is 0.148. The van der Waals surface area contributed by atoms with E-state index >= 15 is 0 Å². The lowest BCUT2D eigenvalue weighted by molar-refractivity contribution is -0.171. The molecule has 8 heteroatoms. The van der Waals surface area contributed by atoms with Crippen LogP contribution in [0.15, 0.2) is 0 Å². The van der Waals surface area contributed by atoms with Gasteiger partial charge in [0, 0.05) is 30.3 Å². The van der Waals surface area contributed by atoms with Crippen LogP contribution in [-0.2, 0) is 14.4 Å². The number of carbonyl (C=O) groups excluding carboxylic acids is 2. The van der Waals surface area contributed by atoms with Gasteiger partial charge in [-0.3, -0.25) is 19.6 Å². The Bertz CT molecular complexity index is 342. The lowest BCUT2D eigenvalue weighted by Crippen LogP contribution is -2.24. The molecule has 0 aromatic rings. The summed E-state index contributed by atoms with van der Waals surface area (Å²) < 4.78 is 0. The van der Waals surface area contributed by atoms with Gasteiger partial charge in [0.15, 0.2) is 0 Å². The summed E-state index contributed by atoms with van der Waals surface area (Å²) in [7, 11) is 3.92. The summed E-state index contributed by atoms with van der Waals surface area (Å²) in [6.07, 6.45) is 5.06. The maximum Gasteiger partial charge on any atom is 0.303 e. The molecule has 0 aromatic heterocycles. The minimum Gasteiger partial charge on any atom is -0.481 e. The van der Waals surface area contributed by atoms with Gasteiger partial charge >= 0.3 is 5.97 Å². The van der Waals surface area contributed by atoms with Gasteiger partial charge in [-0.1, -0.05) is 28.0 Å². The van der Waals surface area contributed by atoms with Gasteiger partial charge in [-0.05, 0) is 19.3 Å². The summed E-state index contributed by atoms with van der Waals surface area (Å²) in [6, 6.07) is 0. The molecule has 114 valence electrons. The fourth-order valence-electron chi connectivity index (χ4n) is 1.78. The van der Waals surface area contributed by atoms with E-state index in [9.17, 15) is 14.4 Å². The predicted molar refractivity (Wildman–Crippen MR) is 77.4 cm³/mol. The van der Waals surface area contributed by atoms with E-state index in [4.69, 9.17) is 10.3 Å². The number of hydrogen-bond acceptors (Lipinski definition) is 6. The first kappa shape index (κ1) is 17.3. The minimum atomic E-state index is -0.663. The van der Waals surface area contributed by atoms with Gasteiger partial charge in [0.2, 0.25) is 0 Å². The van der Waals surface area contributed by atoms with Crippen molar-refractivity contribution in [2.45, 2.75) is 50.2 Å². The second-order valence-corrected chi connectivity index (χ2v) is 7.36. The topological polar surface area (TPSA) is 94.9 Å². The molecule has 1 atom stereocenters. The predicted octanol–water partition coefficient (Wildman–Crippen LogP) is 2.31. The van der Waals surface area contributed by atoms with Gasteiger partial charge in [0.1, 0.15) is 0 Å². The fraction of sp³-hybridized carbons (Fsp3) is 0.750. The van der Waals surface area contributed by atoms with Gasteiger partial charge in [0.25, 0.3) is 11.8 Å². The summed E-state index contributed by atoms with van der Waals surface area (Å²) in [5.74, 6) is -0.401. The Hall–Kier alpha value is -0.730. The molecule has 20 heavy (non-hydrogen) atoms. The van der Waals surface area contributed by atoms with Crippen LogP contribution in [0.3, 0.4) is 0 Å². The average molecular weight is 321 g/mol. The molecule has 0 saturated carbocycles. The molecule has 0 bridgehead atoms. The first-order valence-corrected chi connectivity index (χ1v) is 8.93. The molecule has 2 aliphatic rings. The number of imide groups is 1. The van der Waals surface area contributed by atoms with Crippen molar-refractivity contribution in [3.8, 4) is 0 Å². The van der Waals surface area contributed by atoms with Crippen LogP contribution in [0.2, 0.25) is 0 Å². The van der Waals surface area contributed by atoms with Gasteiger partial charge < -0.3 is 5.11 Å². The molecular weight excluding hydrogens is 302 g/mol.